The van der Waals surface area contributed by atoms with Crippen LogP contribution < -0.4 is 0 Å². The molecular weight excluding hydrogens is 290 g/mol. The van der Waals surface area contributed by atoms with Gasteiger partial charge in [0.05, 0.1) is 5.60 Å². The third-order valence-corrected chi connectivity index (χ3v) is 9.02. The first-order chi connectivity index (χ1) is 10.7. The van der Waals surface area contributed by atoms with Crippen LogP contribution in [0.4, 0.5) is 4.39 Å². The molecule has 4 fully saturated rings. The maximum absolute atomic E-state index is 15.3. The van der Waals surface area contributed by atoms with E-state index >= 15 is 4.39 Å². The van der Waals surface area contributed by atoms with Crippen molar-refractivity contribution >= 4 is 5.78 Å². The summed E-state index contributed by atoms with van der Waals surface area (Å²) in [5.41, 5.74) is -0.647. The van der Waals surface area contributed by atoms with E-state index in [9.17, 15) is 9.90 Å². The Morgan fingerprint density at radius 1 is 1.09 bits per heavy atom. The Labute approximate surface area is 139 Å². The zero-order chi connectivity index (χ0) is 16.6. The van der Waals surface area contributed by atoms with Gasteiger partial charge in [0, 0.05) is 12.8 Å². The fourth-order valence-electron chi connectivity index (χ4n) is 7.21. The van der Waals surface area contributed by atoms with Crippen LogP contribution in [0.1, 0.15) is 72.1 Å². The Morgan fingerprint density at radius 2 is 1.78 bits per heavy atom. The summed E-state index contributed by atoms with van der Waals surface area (Å²) in [4.78, 5) is 11.9. The normalized spacial score (nSPS) is 59.2. The number of aliphatic hydroxyl groups is 1. The number of rotatable bonds is 0. The number of fused-ring (bicyclic) bond motifs is 5. The third-order valence-electron chi connectivity index (χ3n) is 9.02. The van der Waals surface area contributed by atoms with Crippen LogP contribution >= 0.6 is 0 Å². The second-order valence-electron chi connectivity index (χ2n) is 9.76. The molecule has 0 aromatic carbocycles. The van der Waals surface area contributed by atoms with Gasteiger partial charge in [0.25, 0.3) is 0 Å². The number of hydrogen-bond donors (Lipinski definition) is 1. The lowest BCUT2D eigenvalue weighted by atomic mass is 9.44. The van der Waals surface area contributed by atoms with Gasteiger partial charge < -0.3 is 5.11 Å². The smallest absolute Gasteiger partial charge is 0.133 e. The Kier molecular flexibility index (Phi) is 3.35. The van der Waals surface area contributed by atoms with Gasteiger partial charge in [0.15, 0.2) is 0 Å². The zero-order valence-electron chi connectivity index (χ0n) is 14.8. The maximum Gasteiger partial charge on any atom is 0.133 e. The molecule has 4 aliphatic carbocycles. The second-order valence-corrected chi connectivity index (χ2v) is 9.76. The number of ketones is 1. The van der Waals surface area contributed by atoms with E-state index in [-0.39, 0.29) is 22.7 Å². The summed E-state index contributed by atoms with van der Waals surface area (Å²) in [5, 5.41) is 10.9. The van der Waals surface area contributed by atoms with Crippen LogP contribution in [0.25, 0.3) is 0 Å². The van der Waals surface area contributed by atoms with Crippen molar-refractivity contribution in [3.63, 3.8) is 0 Å². The van der Waals surface area contributed by atoms with Crippen molar-refractivity contribution in [2.45, 2.75) is 83.9 Å². The molecular formula is C20H31FO2. The molecule has 4 rings (SSSR count). The van der Waals surface area contributed by atoms with Crippen LogP contribution in [0.2, 0.25) is 0 Å². The molecule has 4 saturated carbocycles. The van der Waals surface area contributed by atoms with Crippen molar-refractivity contribution < 1.29 is 14.3 Å². The predicted octanol–water partition coefficient (Wildman–Crippen LogP) is 4.30. The highest BCUT2D eigenvalue weighted by Crippen LogP contribution is 2.68. The van der Waals surface area contributed by atoms with Gasteiger partial charge in [-0.15, -0.1) is 0 Å². The average Bonchev–Trinajstić information content (AvgIpc) is 2.72. The van der Waals surface area contributed by atoms with Crippen molar-refractivity contribution in [1.29, 1.82) is 0 Å². The Bertz CT molecular complexity index is 530. The molecule has 0 bridgehead atoms. The average molecular weight is 321 g/mol. The van der Waals surface area contributed by atoms with Crippen molar-refractivity contribution in [3.8, 4) is 0 Å². The molecule has 0 amide bonds. The standard InChI is InChI=1S/C20H31FO2/c1-18-7-4-13(22)10-12(18)11-16(21)17-14(18)5-8-19(2)15(17)6-9-20(19,3)23/h12,14-17,23H,4-11H2,1-3H3/t12-,14+,15+,16-,17-,18+,19+,20+/m1/s1/i21-1. The molecule has 0 heterocycles. The first-order valence-electron chi connectivity index (χ1n) is 9.57. The van der Waals surface area contributed by atoms with Crippen molar-refractivity contribution in [1.82, 2.24) is 0 Å². The largest absolute Gasteiger partial charge is 0.390 e. The molecule has 0 aromatic rings. The summed E-state index contributed by atoms with van der Waals surface area (Å²) < 4.78 is 15.3. The zero-order valence-corrected chi connectivity index (χ0v) is 14.8. The summed E-state index contributed by atoms with van der Waals surface area (Å²) >= 11 is 0. The van der Waals surface area contributed by atoms with E-state index < -0.39 is 11.8 Å². The van der Waals surface area contributed by atoms with Crippen LogP contribution in [0, 0.1) is 34.5 Å². The number of carbonyl (C=O) groups is 1. The minimum Gasteiger partial charge on any atom is -0.390 e. The maximum atomic E-state index is 15.3. The van der Waals surface area contributed by atoms with Crippen molar-refractivity contribution in [2.24, 2.45) is 34.5 Å². The highest BCUT2D eigenvalue weighted by atomic mass is 18.2. The molecule has 0 aromatic heterocycles. The number of Topliss-reactive ketones (excluding diaryl/α,β-unsaturated/α-hetero) is 1. The lowest BCUT2D eigenvalue weighted by molar-refractivity contribution is -0.170. The van der Waals surface area contributed by atoms with E-state index in [1.54, 1.807) is 0 Å². The Balaban J connectivity index is 1.70. The van der Waals surface area contributed by atoms with Crippen molar-refractivity contribution in [2.75, 3.05) is 0 Å². The summed E-state index contributed by atoms with van der Waals surface area (Å²) in [6.45, 7) is 6.50. The van der Waals surface area contributed by atoms with E-state index in [1.807, 2.05) is 6.92 Å². The van der Waals surface area contributed by atoms with Gasteiger partial charge in [-0.05, 0) is 80.0 Å². The van der Waals surface area contributed by atoms with Gasteiger partial charge in [0.1, 0.15) is 12.0 Å². The highest BCUT2D eigenvalue weighted by Gasteiger charge is 2.65. The van der Waals surface area contributed by atoms with Crippen LogP contribution in [0.5, 0.6) is 0 Å². The highest BCUT2D eigenvalue weighted by molar-refractivity contribution is 5.79. The van der Waals surface area contributed by atoms with E-state index in [0.717, 1.165) is 32.1 Å². The molecule has 4 aliphatic rings. The lowest BCUT2D eigenvalue weighted by Gasteiger charge is -2.61. The third kappa shape index (κ3) is 1.98. The molecule has 23 heavy (non-hydrogen) atoms. The molecule has 0 aliphatic heterocycles. The van der Waals surface area contributed by atoms with Crippen LogP contribution in [0.3, 0.4) is 0 Å². The molecule has 130 valence electrons. The predicted molar refractivity (Wildman–Crippen MR) is 87.6 cm³/mol. The van der Waals surface area contributed by atoms with Gasteiger partial charge in [-0.2, -0.15) is 0 Å². The van der Waals surface area contributed by atoms with Gasteiger partial charge >= 0.3 is 0 Å². The molecule has 0 spiro atoms. The molecule has 0 unspecified atom stereocenters. The summed E-state index contributed by atoms with van der Waals surface area (Å²) in [7, 11) is 0. The molecule has 1 N–H and O–H groups in total. The number of hydrogen-bond acceptors (Lipinski definition) is 2. The van der Waals surface area contributed by atoms with E-state index in [4.69, 9.17) is 0 Å². The monoisotopic (exact) mass is 321 g/mol. The van der Waals surface area contributed by atoms with E-state index in [2.05, 4.69) is 13.8 Å². The second kappa shape index (κ2) is 4.80. The topological polar surface area (TPSA) is 37.3 Å². The molecule has 2 nitrogen and oxygen atoms in total. The van der Waals surface area contributed by atoms with E-state index in [0.29, 0.717) is 36.9 Å². The van der Waals surface area contributed by atoms with Crippen molar-refractivity contribution in [3.05, 3.63) is 0 Å². The Morgan fingerprint density at radius 3 is 2.52 bits per heavy atom. The van der Waals surface area contributed by atoms with Gasteiger partial charge in [-0.1, -0.05) is 13.8 Å². The van der Waals surface area contributed by atoms with E-state index in [1.165, 1.54) is 0 Å². The fourth-order valence-corrected chi connectivity index (χ4v) is 7.21. The van der Waals surface area contributed by atoms with Gasteiger partial charge in [-0.25, -0.2) is 4.39 Å². The Hall–Kier alpha value is -0.440. The number of halogens is 1. The minimum absolute atomic E-state index is 0.0946. The fraction of sp³-hybridized carbons (Fsp3) is 0.950. The number of carbonyl (C=O) groups excluding carboxylic acids is 1. The first kappa shape index (κ1) is 16.1. The van der Waals surface area contributed by atoms with Crippen LogP contribution in [-0.2, 0) is 4.79 Å². The molecule has 8 atom stereocenters. The minimum atomic E-state index is -0.789. The number of alkyl halides is 1. The molecule has 0 radical (unpaired) electrons. The molecule has 3 heteroatoms. The summed E-state index contributed by atoms with van der Waals surface area (Å²) in [6.07, 6.45) is 5.81. The SMILES string of the molecule is C[C@]12CCC(=O)C[C@@H]1C[C@@H]([18F])[C@@H]1[C@@H]2CC[C@@]2(C)[C@H]1CC[C@]2(C)O. The van der Waals surface area contributed by atoms with Crippen LogP contribution in [0.15, 0.2) is 0 Å². The first-order valence-corrected chi connectivity index (χ1v) is 9.57. The van der Waals surface area contributed by atoms with Crippen LogP contribution in [-0.4, -0.2) is 22.7 Å². The quantitative estimate of drug-likeness (QED) is 0.722. The summed E-state index contributed by atoms with van der Waals surface area (Å²) in [5.74, 6) is 1.38. The lowest BCUT2D eigenvalue weighted by Crippen LogP contribution is -2.59. The molecule has 0 saturated heterocycles. The summed E-state index contributed by atoms with van der Waals surface area (Å²) in [6, 6.07) is 0. The van der Waals surface area contributed by atoms with Gasteiger partial charge in [0.2, 0.25) is 0 Å². The van der Waals surface area contributed by atoms with Gasteiger partial charge in [-0.3, -0.25) is 4.79 Å².